The summed E-state index contributed by atoms with van der Waals surface area (Å²) in [5, 5.41) is 40.2. The van der Waals surface area contributed by atoms with Crippen LogP contribution in [0.2, 0.25) is 0 Å². The number of amides is 8. The first-order valence-corrected chi connectivity index (χ1v) is 32.1. The molecule has 3 aromatic rings. The van der Waals surface area contributed by atoms with Crippen molar-refractivity contribution in [1.82, 2.24) is 35.8 Å². The number of nitrogens with two attached hydrogens (primary N) is 1. The molecule has 3 saturated heterocycles. The van der Waals surface area contributed by atoms with Crippen molar-refractivity contribution in [3.05, 3.63) is 91.8 Å². The number of benzene rings is 3. The van der Waals surface area contributed by atoms with E-state index in [0.717, 1.165) is 6.08 Å². The smallest absolute Gasteiger partial charge is 0.407 e. The molecule has 2 aliphatic carbocycles. The van der Waals surface area contributed by atoms with E-state index in [1.165, 1.54) is 32.4 Å². The van der Waals surface area contributed by atoms with Crippen molar-refractivity contribution in [3.63, 3.8) is 0 Å². The SMILES string of the molecule is COc1cccc2c1C(=O)c1c(O)c3c(c(O)c1C2=O)C[C@@H](C(=O)NCCNC(=O)OCc1ccc(NC(=O)[C@H](CCCNC(N)=O)NC(=O)C(NC(=O)CCCCCN2C(=O)C=C(Cl)S2(=O)=O)C(C)C)cc1)C[C@@H]3O[C@H]1C[C@H]2[C@H](O[C@@H]3[C@@H](OC)OCCN32)[C@H](C)O1. The van der Waals surface area contributed by atoms with E-state index in [9.17, 15) is 61.8 Å². The molecule has 3 fully saturated rings. The molecule has 0 bridgehead atoms. The van der Waals surface area contributed by atoms with Crippen molar-refractivity contribution in [2.45, 2.75) is 140 Å². The number of nitrogens with one attached hydrogen (secondary N) is 6. The number of ketones is 2. The van der Waals surface area contributed by atoms with Gasteiger partial charge in [0, 0.05) is 93.1 Å². The van der Waals surface area contributed by atoms with Crippen molar-refractivity contribution in [1.29, 1.82) is 0 Å². The van der Waals surface area contributed by atoms with Crippen LogP contribution < -0.4 is 42.4 Å². The number of primary amides is 1. The van der Waals surface area contributed by atoms with Crippen LogP contribution in [0, 0.1) is 11.8 Å². The summed E-state index contributed by atoms with van der Waals surface area (Å²) in [7, 11) is -1.18. The number of carbonyl (C=O) groups excluding carboxylic acids is 9. The van der Waals surface area contributed by atoms with Gasteiger partial charge in [-0.25, -0.2) is 22.3 Å². The van der Waals surface area contributed by atoms with Gasteiger partial charge in [0.15, 0.2) is 29.0 Å². The number of halogens is 1. The monoisotopic (exact) mass is 1320 g/mol. The first-order valence-electron chi connectivity index (χ1n) is 30.3. The number of fused-ring (bicyclic) bond motifs is 6. The quantitative estimate of drug-likeness (QED) is 0.0322. The molecular formula is C61H76ClN9O20S. The standard InChI is InChI=1S/C61H76ClN9O20S/c1-30(2)49(69-42(72)14-7-6-8-22-71-43(73)28-41(62)92(71,83)84)57(80)68-37(12-10-19-65-60(63)81)56(79)67-34-17-15-32(16-18-34)29-88-61(82)66-21-20-64-55(78)33-25-36-46(53(77)48-47(51(36)75)50(74)35-11-9-13-39(85-4)45(35)52(48)76)40(26-33)90-44-27-38-54(31(3)89-44)91-58-59(86-5)87-24-23-70(38)58/h9,11,13,15-18,28,30-31,33,37-38,40,44,49,54,58-59,75,77H,6-8,10,12,14,19-27,29H2,1-5H3,(H,64,78)(H,66,82)(H,67,79)(H,68,80)(H,69,72)(H3,63,65,81)/t31-,33+,37-,38-,40-,44-,49?,54+,58+,59-/m0/s1. The predicted molar refractivity (Wildman–Crippen MR) is 325 cm³/mol. The summed E-state index contributed by atoms with van der Waals surface area (Å²) < 4.78 is 66.2. The lowest BCUT2D eigenvalue weighted by atomic mass is 9.74. The molecular weight excluding hydrogens is 1250 g/mol. The molecule has 10 atom stereocenters. The Balaban J connectivity index is 0.775. The molecule has 31 heteroatoms. The number of unbranched alkanes of at least 4 members (excludes halogenated alkanes) is 2. The Morgan fingerprint density at radius 2 is 1.59 bits per heavy atom. The summed E-state index contributed by atoms with van der Waals surface area (Å²) in [5.41, 5.74) is 5.18. The maximum Gasteiger partial charge on any atom is 0.407 e. The van der Waals surface area contributed by atoms with Gasteiger partial charge in [0.25, 0.3) is 15.9 Å². The van der Waals surface area contributed by atoms with Gasteiger partial charge in [-0.2, -0.15) is 0 Å². The molecule has 0 spiro atoms. The Bertz CT molecular complexity index is 3500. The zero-order valence-corrected chi connectivity index (χ0v) is 52.9. The minimum absolute atomic E-state index is 0.0131. The van der Waals surface area contributed by atoms with Gasteiger partial charge < -0.3 is 81.0 Å². The largest absolute Gasteiger partial charge is 0.507 e. The Labute approximate surface area is 535 Å². The van der Waals surface area contributed by atoms with Gasteiger partial charge in [-0.05, 0) is 75.1 Å². The second-order valence-corrected chi connectivity index (χ2v) is 25.8. The zero-order valence-electron chi connectivity index (χ0n) is 51.3. The average Bonchev–Trinajstić information content (AvgIpc) is 0.927. The summed E-state index contributed by atoms with van der Waals surface area (Å²) in [6.07, 6.45) is -2.79. The minimum Gasteiger partial charge on any atom is -0.507 e. The first-order chi connectivity index (χ1) is 43.9. The van der Waals surface area contributed by atoms with E-state index in [1.807, 2.05) is 6.92 Å². The molecule has 498 valence electrons. The van der Waals surface area contributed by atoms with E-state index in [2.05, 4.69) is 36.8 Å². The molecule has 1 unspecified atom stereocenters. The maximum atomic E-state index is 14.3. The van der Waals surface area contributed by atoms with E-state index in [1.54, 1.807) is 38.1 Å². The van der Waals surface area contributed by atoms with Crippen LogP contribution >= 0.6 is 11.6 Å². The third-order valence-corrected chi connectivity index (χ3v) is 19.2. The summed E-state index contributed by atoms with van der Waals surface area (Å²) in [5.74, 6) is -6.87. The van der Waals surface area contributed by atoms with Crippen molar-refractivity contribution in [3.8, 4) is 17.2 Å². The number of anilines is 1. The molecule has 6 aliphatic rings. The number of alkyl carbamates (subject to hydrolysis) is 1. The lowest BCUT2D eigenvalue weighted by Crippen LogP contribution is -2.55. The van der Waals surface area contributed by atoms with Gasteiger partial charge in [0.2, 0.25) is 29.4 Å². The van der Waals surface area contributed by atoms with Crippen LogP contribution in [0.5, 0.6) is 17.2 Å². The van der Waals surface area contributed by atoms with Gasteiger partial charge in [-0.1, -0.05) is 56.1 Å². The third-order valence-electron chi connectivity index (χ3n) is 16.9. The van der Waals surface area contributed by atoms with Gasteiger partial charge in [0.05, 0.1) is 42.6 Å². The summed E-state index contributed by atoms with van der Waals surface area (Å²) in [4.78, 5) is 121. The van der Waals surface area contributed by atoms with E-state index >= 15 is 0 Å². The van der Waals surface area contributed by atoms with E-state index < -0.39 is 145 Å². The predicted octanol–water partition coefficient (Wildman–Crippen LogP) is 2.90. The minimum atomic E-state index is -4.05. The number of rotatable bonds is 26. The van der Waals surface area contributed by atoms with Crippen molar-refractivity contribution >= 4 is 80.5 Å². The summed E-state index contributed by atoms with van der Waals surface area (Å²) in [6, 6.07) is 7.55. The molecule has 10 N–H and O–H groups in total. The Hall–Kier alpha value is -7.97. The lowest BCUT2D eigenvalue weighted by molar-refractivity contribution is -0.254. The molecule has 8 amide bonds. The molecule has 0 radical (unpaired) electrons. The molecule has 9 rings (SSSR count). The summed E-state index contributed by atoms with van der Waals surface area (Å²) in [6.45, 7) is 5.81. The van der Waals surface area contributed by atoms with Crippen molar-refractivity contribution in [2.24, 2.45) is 17.6 Å². The normalized spacial score (nSPS) is 23.5. The van der Waals surface area contributed by atoms with E-state index in [4.69, 9.17) is 50.5 Å². The molecule has 92 heavy (non-hydrogen) atoms. The molecule has 4 heterocycles. The molecule has 4 aliphatic heterocycles. The number of carbonyl (C=O) groups is 9. The molecule has 0 aromatic heterocycles. The van der Waals surface area contributed by atoms with E-state index in [0.29, 0.717) is 48.0 Å². The van der Waals surface area contributed by atoms with Crippen LogP contribution in [0.3, 0.4) is 0 Å². The number of sulfonamides is 1. The fourth-order valence-corrected chi connectivity index (χ4v) is 13.8. The number of ether oxygens (including phenoxy) is 7. The van der Waals surface area contributed by atoms with Crippen LogP contribution in [-0.2, 0) is 75.4 Å². The molecule has 3 aromatic carbocycles. The molecule has 0 saturated carbocycles. The Kier molecular flexibility index (Phi) is 22.1. The maximum absolute atomic E-state index is 14.3. The van der Waals surface area contributed by atoms with Gasteiger partial charge >= 0.3 is 12.1 Å². The Morgan fingerprint density at radius 3 is 2.28 bits per heavy atom. The van der Waals surface area contributed by atoms with Gasteiger partial charge in [-0.15, -0.1) is 0 Å². The zero-order chi connectivity index (χ0) is 66.3. The van der Waals surface area contributed by atoms with Gasteiger partial charge in [-0.3, -0.25) is 38.5 Å². The average molecular weight is 1320 g/mol. The highest BCUT2D eigenvalue weighted by Gasteiger charge is 2.54. The summed E-state index contributed by atoms with van der Waals surface area (Å²) >= 11 is 5.66. The van der Waals surface area contributed by atoms with Crippen LogP contribution in [0.1, 0.15) is 127 Å². The van der Waals surface area contributed by atoms with Crippen LogP contribution in [0.4, 0.5) is 15.3 Å². The fourth-order valence-electron chi connectivity index (χ4n) is 12.3. The highest BCUT2D eigenvalue weighted by Crippen LogP contribution is 2.52. The number of hydrogen-bond acceptors (Lipinski definition) is 21. The Morgan fingerprint density at radius 1 is 0.848 bits per heavy atom. The number of phenolic OH excluding ortho intramolecular Hbond substituents is 2. The van der Waals surface area contributed by atoms with Crippen LogP contribution in [0.25, 0.3) is 0 Å². The number of hydrogen-bond donors (Lipinski definition) is 9. The number of urea groups is 1. The number of morpholine rings is 1. The van der Waals surface area contributed by atoms with E-state index in [-0.39, 0.29) is 111 Å². The van der Waals surface area contributed by atoms with Crippen LogP contribution in [-0.4, -0.2) is 184 Å². The third kappa shape index (κ3) is 15.1. The topological polar surface area (TPSA) is 398 Å². The number of aromatic hydroxyl groups is 2. The number of methoxy groups -OCH3 is 2. The second-order valence-electron chi connectivity index (χ2n) is 23.4. The fraction of sp³-hybridized carbons (Fsp3) is 0.525. The number of nitrogens with zero attached hydrogens (tertiary/aromatic N) is 2. The van der Waals surface area contributed by atoms with Crippen LogP contribution in [0.15, 0.2) is 52.9 Å². The highest BCUT2D eigenvalue weighted by molar-refractivity contribution is 7.95. The first kappa shape index (κ1) is 68.4. The molecule has 29 nitrogen and oxygen atoms in total. The second kappa shape index (κ2) is 29.8. The van der Waals surface area contributed by atoms with Crippen molar-refractivity contribution in [2.75, 3.05) is 58.9 Å². The highest BCUT2D eigenvalue weighted by atomic mass is 35.5. The lowest BCUT2D eigenvalue weighted by Gasteiger charge is -2.42. The van der Waals surface area contributed by atoms with Crippen molar-refractivity contribution < 1.29 is 94.9 Å². The number of phenols is 2. The van der Waals surface area contributed by atoms with Gasteiger partial charge in [0.1, 0.15) is 42.0 Å².